The van der Waals surface area contributed by atoms with Crippen LogP contribution in [-0.4, -0.2) is 39.9 Å². The first-order chi connectivity index (χ1) is 16.6. The minimum Gasteiger partial charge on any atom is -0.352 e. The van der Waals surface area contributed by atoms with Gasteiger partial charge in [-0.15, -0.1) is 23.1 Å². The second-order valence-corrected chi connectivity index (χ2v) is 12.2. The lowest BCUT2D eigenvalue weighted by Crippen LogP contribution is -2.44. The summed E-state index contributed by atoms with van der Waals surface area (Å²) in [5.41, 5.74) is 2.23. The smallest absolute Gasteiger partial charge is 0.240 e. The number of aromatic nitrogens is 2. The number of amides is 2. The highest BCUT2D eigenvalue weighted by Gasteiger charge is 2.40. The monoisotopic (exact) mass is 530 g/mol. The molecular formula is C26H31ClN4O2S2. The SMILES string of the molecule is CC[C@H](C)NC(=O)CN1C(=O)CS[C@H](c2cccs2)c2c(C(C)(C)C)nn(-c3ccccc3Cl)c21. The number of thiophene rings is 1. The largest absolute Gasteiger partial charge is 0.352 e. The number of nitrogens with one attached hydrogen (secondary N) is 1. The van der Waals surface area contributed by atoms with E-state index in [-0.39, 0.29) is 40.8 Å². The number of thioether (sulfide) groups is 1. The third-order valence-corrected chi connectivity index (χ3v) is 8.65. The van der Waals surface area contributed by atoms with E-state index in [0.29, 0.717) is 16.5 Å². The van der Waals surface area contributed by atoms with E-state index < -0.39 is 0 Å². The Morgan fingerprint density at radius 3 is 2.63 bits per heavy atom. The zero-order valence-electron chi connectivity index (χ0n) is 20.7. The fourth-order valence-corrected chi connectivity index (χ4v) is 6.49. The summed E-state index contributed by atoms with van der Waals surface area (Å²) < 4.78 is 1.76. The zero-order valence-corrected chi connectivity index (χ0v) is 23.1. The van der Waals surface area contributed by atoms with Crippen molar-refractivity contribution in [3.63, 3.8) is 0 Å². The van der Waals surface area contributed by atoms with Crippen LogP contribution in [0.15, 0.2) is 41.8 Å². The Kier molecular flexibility index (Phi) is 7.64. The molecule has 0 aliphatic carbocycles. The molecule has 0 saturated heterocycles. The summed E-state index contributed by atoms with van der Waals surface area (Å²) in [6, 6.07) is 11.6. The molecule has 1 aliphatic heterocycles. The van der Waals surface area contributed by atoms with Gasteiger partial charge in [0.25, 0.3) is 0 Å². The van der Waals surface area contributed by atoms with Crippen molar-refractivity contribution in [3.05, 3.63) is 62.9 Å². The van der Waals surface area contributed by atoms with Crippen LogP contribution in [0.2, 0.25) is 5.02 Å². The van der Waals surface area contributed by atoms with Gasteiger partial charge in [0.1, 0.15) is 12.4 Å². The van der Waals surface area contributed by atoms with Gasteiger partial charge in [0.15, 0.2) is 0 Å². The van der Waals surface area contributed by atoms with Gasteiger partial charge in [0.05, 0.1) is 27.4 Å². The van der Waals surface area contributed by atoms with Crippen LogP contribution in [0, 0.1) is 0 Å². The second-order valence-electron chi connectivity index (χ2n) is 9.76. The van der Waals surface area contributed by atoms with Gasteiger partial charge < -0.3 is 5.32 Å². The predicted molar refractivity (Wildman–Crippen MR) is 146 cm³/mol. The zero-order chi connectivity index (χ0) is 25.3. The number of benzene rings is 1. The predicted octanol–water partition coefficient (Wildman–Crippen LogP) is 5.97. The van der Waals surface area contributed by atoms with Crippen molar-refractivity contribution in [2.24, 2.45) is 0 Å². The molecule has 186 valence electrons. The number of rotatable bonds is 6. The van der Waals surface area contributed by atoms with Crippen LogP contribution >= 0.6 is 34.7 Å². The Bertz CT molecular complexity index is 1220. The van der Waals surface area contributed by atoms with E-state index in [1.54, 1.807) is 32.7 Å². The number of para-hydroxylation sites is 1. The first-order valence-electron chi connectivity index (χ1n) is 11.7. The summed E-state index contributed by atoms with van der Waals surface area (Å²) in [7, 11) is 0. The molecule has 0 unspecified atom stereocenters. The molecule has 0 saturated carbocycles. The Labute approximate surface area is 220 Å². The third-order valence-electron chi connectivity index (χ3n) is 6.00. The molecule has 2 amide bonds. The minimum absolute atomic E-state index is 0.0240. The molecule has 2 atom stereocenters. The van der Waals surface area contributed by atoms with Crippen molar-refractivity contribution >= 4 is 52.3 Å². The van der Waals surface area contributed by atoms with Crippen molar-refractivity contribution in [2.45, 2.75) is 57.7 Å². The van der Waals surface area contributed by atoms with Gasteiger partial charge in [-0.3, -0.25) is 14.5 Å². The van der Waals surface area contributed by atoms with Crippen LogP contribution in [0.3, 0.4) is 0 Å². The van der Waals surface area contributed by atoms with Crippen molar-refractivity contribution in [2.75, 3.05) is 17.2 Å². The quantitative estimate of drug-likeness (QED) is 0.426. The van der Waals surface area contributed by atoms with E-state index in [2.05, 4.69) is 37.5 Å². The number of carbonyl (C=O) groups is 2. The lowest BCUT2D eigenvalue weighted by atomic mass is 9.88. The van der Waals surface area contributed by atoms with Crippen LogP contribution in [0.1, 0.15) is 62.4 Å². The molecule has 1 aliphatic rings. The van der Waals surface area contributed by atoms with E-state index in [1.165, 1.54) is 0 Å². The summed E-state index contributed by atoms with van der Waals surface area (Å²) in [6.07, 6.45) is 0.812. The van der Waals surface area contributed by atoms with Gasteiger partial charge in [-0.2, -0.15) is 5.10 Å². The molecule has 0 spiro atoms. The number of nitrogens with zero attached hydrogens (tertiary/aromatic N) is 3. The van der Waals surface area contributed by atoms with Crippen molar-refractivity contribution < 1.29 is 9.59 Å². The summed E-state index contributed by atoms with van der Waals surface area (Å²) in [5.74, 6) is 0.571. The fourth-order valence-electron chi connectivity index (χ4n) is 4.10. The first kappa shape index (κ1) is 25.8. The lowest BCUT2D eigenvalue weighted by Gasteiger charge is -2.25. The van der Waals surface area contributed by atoms with Gasteiger partial charge >= 0.3 is 0 Å². The molecule has 0 bridgehead atoms. The van der Waals surface area contributed by atoms with Crippen LogP contribution in [-0.2, 0) is 15.0 Å². The number of halogens is 1. The summed E-state index contributed by atoms with van der Waals surface area (Å²) in [6.45, 7) is 10.3. The second kappa shape index (κ2) is 10.4. The molecule has 1 N–H and O–H groups in total. The van der Waals surface area contributed by atoms with Crippen LogP contribution < -0.4 is 10.2 Å². The average molecular weight is 531 g/mol. The molecular weight excluding hydrogens is 500 g/mol. The molecule has 6 nitrogen and oxygen atoms in total. The molecule has 1 aromatic carbocycles. The number of anilines is 1. The highest BCUT2D eigenvalue weighted by Crippen LogP contribution is 2.49. The van der Waals surface area contributed by atoms with E-state index in [0.717, 1.165) is 22.6 Å². The van der Waals surface area contributed by atoms with Gasteiger partial charge in [-0.1, -0.05) is 57.5 Å². The molecule has 0 radical (unpaired) electrons. The van der Waals surface area contributed by atoms with Crippen LogP contribution in [0.25, 0.3) is 5.69 Å². The maximum Gasteiger partial charge on any atom is 0.240 e. The normalized spacial score (nSPS) is 17.1. The van der Waals surface area contributed by atoms with Crippen LogP contribution in [0.4, 0.5) is 5.82 Å². The Morgan fingerprint density at radius 2 is 2.00 bits per heavy atom. The highest BCUT2D eigenvalue weighted by molar-refractivity contribution is 8.00. The van der Waals surface area contributed by atoms with Gasteiger partial charge in [-0.05, 0) is 36.9 Å². The fraction of sp³-hybridized carbons (Fsp3) is 0.423. The Hall–Kier alpha value is -2.29. The molecule has 3 aromatic rings. The third kappa shape index (κ3) is 5.29. The molecule has 0 fully saturated rings. The molecule has 3 heterocycles. The molecule has 9 heteroatoms. The van der Waals surface area contributed by atoms with E-state index in [1.807, 2.05) is 44.2 Å². The van der Waals surface area contributed by atoms with Crippen molar-refractivity contribution in [1.29, 1.82) is 0 Å². The van der Waals surface area contributed by atoms with E-state index in [9.17, 15) is 9.59 Å². The first-order valence-corrected chi connectivity index (χ1v) is 14.1. The number of carbonyl (C=O) groups excluding carboxylic acids is 2. The number of hydrogen-bond acceptors (Lipinski definition) is 5. The minimum atomic E-state index is -0.301. The average Bonchev–Trinajstić information content (AvgIpc) is 3.44. The highest BCUT2D eigenvalue weighted by atomic mass is 35.5. The summed E-state index contributed by atoms with van der Waals surface area (Å²) in [5, 5.41) is 10.6. The Balaban J connectivity index is 1.98. The number of hydrogen-bond donors (Lipinski definition) is 1. The number of fused-ring (bicyclic) bond motifs is 1. The van der Waals surface area contributed by atoms with E-state index in [4.69, 9.17) is 16.7 Å². The van der Waals surface area contributed by atoms with Crippen LogP contribution in [0.5, 0.6) is 0 Å². The van der Waals surface area contributed by atoms with Gasteiger partial charge in [0, 0.05) is 21.9 Å². The van der Waals surface area contributed by atoms with E-state index >= 15 is 0 Å². The maximum absolute atomic E-state index is 13.6. The van der Waals surface area contributed by atoms with Gasteiger partial charge in [-0.25, -0.2) is 4.68 Å². The Morgan fingerprint density at radius 1 is 1.26 bits per heavy atom. The van der Waals surface area contributed by atoms with Crippen molar-refractivity contribution in [3.8, 4) is 5.69 Å². The molecule has 35 heavy (non-hydrogen) atoms. The topological polar surface area (TPSA) is 67.2 Å². The lowest BCUT2D eigenvalue weighted by molar-refractivity contribution is -0.123. The molecule has 2 aromatic heterocycles. The summed E-state index contributed by atoms with van der Waals surface area (Å²) in [4.78, 5) is 29.3. The maximum atomic E-state index is 13.6. The standard InChI is InChI=1S/C26H31ClN4O2S2/c1-6-16(2)28-20(32)14-30-21(33)15-35-23(19-12-9-13-34-19)22-24(26(3,4)5)29-31(25(22)30)18-11-8-7-10-17(18)27/h7-13,16,23H,6,14-15H2,1-5H3,(H,28,32)/t16-,23+/m0/s1. The van der Waals surface area contributed by atoms with Gasteiger partial charge in [0.2, 0.25) is 11.8 Å². The summed E-state index contributed by atoms with van der Waals surface area (Å²) >= 11 is 9.88. The molecule has 4 rings (SSSR count). The van der Waals surface area contributed by atoms with Crippen molar-refractivity contribution in [1.82, 2.24) is 15.1 Å².